The number of hydrogen-bond donors (Lipinski definition) is 0. The fourth-order valence-electron chi connectivity index (χ4n) is 3.95. The summed E-state index contributed by atoms with van der Waals surface area (Å²) in [6.45, 7) is 5.22. The van der Waals surface area contributed by atoms with E-state index >= 15 is 0 Å². The van der Waals surface area contributed by atoms with Crippen LogP contribution in [-0.4, -0.2) is 98.3 Å². The number of methoxy groups -OCH3 is 2. The van der Waals surface area contributed by atoms with E-state index in [0.29, 0.717) is 0 Å². The summed E-state index contributed by atoms with van der Waals surface area (Å²) in [4.78, 5) is 26.1. The Morgan fingerprint density at radius 1 is 0.500 bits per heavy atom. The van der Waals surface area contributed by atoms with Crippen LogP contribution in [0.5, 0.6) is 11.5 Å². The van der Waals surface area contributed by atoms with Crippen LogP contribution >= 0.6 is 0 Å². The fourth-order valence-corrected chi connectivity index (χ4v) is 3.95. The molecule has 0 saturated carbocycles. The SMILES string of the molecule is COc1ccc(CN(CCN(C)C)c2ncccn2)cc1.COc1ccc(CN(CCN(C)C)c2ncccn2)cc1. The second-order valence-electron chi connectivity index (χ2n) is 10.2. The maximum Gasteiger partial charge on any atom is 0.225 e. The molecule has 0 amide bonds. The van der Waals surface area contributed by atoms with E-state index in [-0.39, 0.29) is 0 Å². The van der Waals surface area contributed by atoms with E-state index in [9.17, 15) is 0 Å². The zero-order valence-corrected chi connectivity index (χ0v) is 25.7. The molecular formula is C32H44N8O2. The number of likely N-dealkylation sites (N-methyl/N-ethyl adjacent to an activating group) is 2. The average Bonchev–Trinajstić information content (AvgIpc) is 3.03. The number of rotatable bonds is 14. The highest BCUT2D eigenvalue weighted by atomic mass is 16.5. The van der Waals surface area contributed by atoms with E-state index in [2.05, 4.69) is 92.0 Å². The molecule has 0 saturated heterocycles. The Bertz CT molecular complexity index is 1160. The lowest BCUT2D eigenvalue weighted by Gasteiger charge is -2.24. The highest BCUT2D eigenvalue weighted by Gasteiger charge is 2.11. The van der Waals surface area contributed by atoms with E-state index < -0.39 is 0 Å². The monoisotopic (exact) mass is 572 g/mol. The van der Waals surface area contributed by atoms with Gasteiger partial charge in [0.05, 0.1) is 14.2 Å². The molecule has 2 aromatic heterocycles. The summed E-state index contributed by atoms with van der Waals surface area (Å²) in [7, 11) is 11.6. The van der Waals surface area contributed by atoms with Gasteiger partial charge in [-0.05, 0) is 75.7 Å². The minimum absolute atomic E-state index is 0.759. The number of ether oxygens (including phenoxy) is 2. The molecule has 224 valence electrons. The van der Waals surface area contributed by atoms with Crippen LogP contribution in [0.25, 0.3) is 0 Å². The summed E-state index contributed by atoms with van der Waals surface area (Å²) in [5.41, 5.74) is 2.42. The standard InChI is InChI=1S/2C16H22N4O/c2*1-19(2)11-12-20(16-17-9-4-10-18-16)13-14-5-7-15(21-3)8-6-14/h2*4-10H,11-13H2,1-3H3. The minimum atomic E-state index is 0.759. The molecule has 2 aromatic carbocycles. The molecule has 0 spiro atoms. The van der Waals surface area contributed by atoms with Gasteiger partial charge in [0.15, 0.2) is 0 Å². The second-order valence-corrected chi connectivity index (χ2v) is 10.2. The van der Waals surface area contributed by atoms with E-state index in [1.165, 1.54) is 11.1 Å². The minimum Gasteiger partial charge on any atom is -0.497 e. The van der Waals surface area contributed by atoms with E-state index in [1.54, 1.807) is 39.0 Å². The van der Waals surface area contributed by atoms with Gasteiger partial charge < -0.3 is 29.1 Å². The van der Waals surface area contributed by atoms with Gasteiger partial charge in [0.1, 0.15) is 11.5 Å². The topological polar surface area (TPSA) is 83.0 Å². The van der Waals surface area contributed by atoms with Crippen molar-refractivity contribution in [3.05, 3.63) is 96.6 Å². The average molecular weight is 573 g/mol. The van der Waals surface area contributed by atoms with Crippen LogP contribution in [0, 0.1) is 0 Å². The second kappa shape index (κ2) is 17.5. The lowest BCUT2D eigenvalue weighted by molar-refractivity contribution is 0.411. The van der Waals surface area contributed by atoms with Gasteiger partial charge >= 0.3 is 0 Å². The fraction of sp³-hybridized carbons (Fsp3) is 0.375. The van der Waals surface area contributed by atoms with Gasteiger partial charge in [0, 0.05) is 64.1 Å². The maximum atomic E-state index is 5.19. The third-order valence-corrected chi connectivity index (χ3v) is 6.37. The Morgan fingerprint density at radius 3 is 1.12 bits per heavy atom. The molecule has 0 aliphatic heterocycles. The van der Waals surface area contributed by atoms with Gasteiger partial charge in [0.2, 0.25) is 11.9 Å². The summed E-state index contributed by atoms with van der Waals surface area (Å²) in [6, 6.07) is 19.9. The number of anilines is 2. The van der Waals surface area contributed by atoms with Crippen molar-refractivity contribution in [2.45, 2.75) is 13.1 Å². The van der Waals surface area contributed by atoms with Crippen LogP contribution in [0.15, 0.2) is 85.5 Å². The molecule has 0 bridgehead atoms. The molecule has 0 fully saturated rings. The normalized spacial score (nSPS) is 10.7. The highest BCUT2D eigenvalue weighted by Crippen LogP contribution is 2.17. The molecule has 4 aromatic rings. The summed E-state index contributed by atoms with van der Waals surface area (Å²) in [6.07, 6.45) is 7.11. The summed E-state index contributed by atoms with van der Waals surface area (Å²) < 4.78 is 10.4. The lowest BCUT2D eigenvalue weighted by Crippen LogP contribution is -2.32. The first kappa shape index (κ1) is 32.2. The molecule has 2 heterocycles. The van der Waals surface area contributed by atoms with Crippen molar-refractivity contribution in [2.24, 2.45) is 0 Å². The number of hydrogen-bond acceptors (Lipinski definition) is 10. The van der Waals surface area contributed by atoms with Crippen molar-refractivity contribution >= 4 is 11.9 Å². The first-order valence-electron chi connectivity index (χ1n) is 14.0. The first-order valence-corrected chi connectivity index (χ1v) is 14.0. The molecule has 0 aliphatic carbocycles. The molecule has 10 nitrogen and oxygen atoms in total. The van der Waals surface area contributed by atoms with Crippen LogP contribution in [-0.2, 0) is 13.1 Å². The van der Waals surface area contributed by atoms with Gasteiger partial charge in [-0.25, -0.2) is 19.9 Å². The molecule has 10 heteroatoms. The van der Waals surface area contributed by atoms with Crippen LogP contribution in [0.1, 0.15) is 11.1 Å². The van der Waals surface area contributed by atoms with E-state index in [0.717, 1.165) is 62.7 Å². The predicted octanol–water partition coefficient (Wildman–Crippen LogP) is 4.11. The van der Waals surface area contributed by atoms with Gasteiger partial charge in [-0.2, -0.15) is 0 Å². The zero-order valence-electron chi connectivity index (χ0n) is 25.7. The molecule has 4 rings (SSSR count). The largest absolute Gasteiger partial charge is 0.497 e. The van der Waals surface area contributed by atoms with Crippen LogP contribution in [0.4, 0.5) is 11.9 Å². The van der Waals surface area contributed by atoms with Crippen molar-refractivity contribution in [3.63, 3.8) is 0 Å². The predicted molar refractivity (Wildman–Crippen MR) is 169 cm³/mol. The maximum absolute atomic E-state index is 5.19. The molecule has 0 radical (unpaired) electrons. The van der Waals surface area contributed by atoms with Gasteiger partial charge in [-0.15, -0.1) is 0 Å². The van der Waals surface area contributed by atoms with Crippen LogP contribution < -0.4 is 19.3 Å². The Kier molecular flexibility index (Phi) is 13.4. The third kappa shape index (κ3) is 11.3. The number of aromatic nitrogens is 4. The Morgan fingerprint density at radius 2 is 0.833 bits per heavy atom. The highest BCUT2D eigenvalue weighted by molar-refractivity contribution is 5.35. The van der Waals surface area contributed by atoms with Gasteiger partial charge in [-0.3, -0.25) is 0 Å². The molecule has 0 unspecified atom stereocenters. The van der Waals surface area contributed by atoms with Gasteiger partial charge in [0.25, 0.3) is 0 Å². The summed E-state index contributed by atoms with van der Waals surface area (Å²) in [5, 5.41) is 0. The summed E-state index contributed by atoms with van der Waals surface area (Å²) in [5.74, 6) is 3.26. The molecule has 0 aliphatic rings. The zero-order chi connectivity index (χ0) is 30.2. The van der Waals surface area contributed by atoms with Crippen molar-refractivity contribution < 1.29 is 9.47 Å². The van der Waals surface area contributed by atoms with E-state index in [4.69, 9.17) is 9.47 Å². The van der Waals surface area contributed by atoms with Crippen molar-refractivity contribution in [1.29, 1.82) is 0 Å². The van der Waals surface area contributed by atoms with Crippen molar-refractivity contribution in [2.75, 3.05) is 78.4 Å². The summed E-state index contributed by atoms with van der Waals surface area (Å²) >= 11 is 0. The first-order chi connectivity index (χ1) is 20.4. The molecule has 42 heavy (non-hydrogen) atoms. The Labute approximate surface area is 250 Å². The number of nitrogens with zero attached hydrogens (tertiary/aromatic N) is 8. The quantitative estimate of drug-likeness (QED) is 0.220. The lowest BCUT2D eigenvalue weighted by atomic mass is 10.2. The molecular weight excluding hydrogens is 528 g/mol. The molecule has 0 atom stereocenters. The van der Waals surface area contributed by atoms with Crippen LogP contribution in [0.2, 0.25) is 0 Å². The van der Waals surface area contributed by atoms with Crippen LogP contribution in [0.3, 0.4) is 0 Å². The van der Waals surface area contributed by atoms with E-state index in [1.807, 2.05) is 36.4 Å². The Balaban J connectivity index is 0.000000230. The number of benzene rings is 2. The molecule has 0 N–H and O–H groups in total. The van der Waals surface area contributed by atoms with Crippen molar-refractivity contribution in [3.8, 4) is 11.5 Å². The Hall–Kier alpha value is -4.28. The third-order valence-electron chi connectivity index (χ3n) is 6.37. The van der Waals surface area contributed by atoms with Crippen molar-refractivity contribution in [1.82, 2.24) is 29.7 Å². The smallest absolute Gasteiger partial charge is 0.225 e. The van der Waals surface area contributed by atoms with Gasteiger partial charge in [-0.1, -0.05) is 24.3 Å².